The van der Waals surface area contributed by atoms with Crippen molar-refractivity contribution in [2.24, 2.45) is 0 Å². The minimum absolute atomic E-state index is 0.0282. The number of ketones is 1. The smallest absolute Gasteiger partial charge is 0.270 e. The quantitative estimate of drug-likeness (QED) is 0.379. The maximum atomic E-state index is 13.4. The molecule has 0 spiro atoms. The Morgan fingerprint density at radius 3 is 2.80 bits per heavy atom. The molecule has 0 bridgehead atoms. The first-order valence-corrected chi connectivity index (χ1v) is 11.4. The Morgan fingerprint density at radius 2 is 2.07 bits per heavy atom. The molecule has 0 radical (unpaired) electrons. The summed E-state index contributed by atoms with van der Waals surface area (Å²) < 4.78 is 5.92. The highest BCUT2D eigenvalue weighted by Gasteiger charge is 2.41. The number of nitrogens with one attached hydrogen (secondary N) is 3. The van der Waals surface area contributed by atoms with Gasteiger partial charge in [0.2, 0.25) is 0 Å². The summed E-state index contributed by atoms with van der Waals surface area (Å²) in [7, 11) is 1.48. The number of ether oxygens (including phenoxy) is 1. The van der Waals surface area contributed by atoms with Gasteiger partial charge in [-0.1, -0.05) is 6.07 Å². The average molecular weight is 535 g/mol. The Bertz CT molecular complexity index is 1240. The number of H-pyrrole nitrogens is 2. The van der Waals surface area contributed by atoms with Crippen LogP contribution in [-0.4, -0.2) is 28.2 Å². The lowest BCUT2D eigenvalue weighted by Crippen LogP contribution is -2.31. The van der Waals surface area contributed by atoms with E-state index in [-0.39, 0.29) is 23.0 Å². The zero-order chi connectivity index (χ0) is 21.0. The van der Waals surface area contributed by atoms with Crippen LogP contribution >= 0.6 is 33.9 Å². The molecule has 7 nitrogen and oxygen atoms in total. The van der Waals surface area contributed by atoms with Crippen molar-refractivity contribution < 1.29 is 14.6 Å². The number of benzene rings is 1. The molecule has 0 saturated heterocycles. The number of halogens is 1. The number of carbonyl (C=O) groups excluding carboxylic acids is 1. The number of allylic oxidation sites excluding steroid dienone is 2. The molecule has 0 unspecified atom stereocenters. The average Bonchev–Trinajstić information content (AvgIpc) is 3.39. The van der Waals surface area contributed by atoms with Crippen LogP contribution in [0.5, 0.6) is 11.5 Å². The number of aromatic hydroxyl groups is 1. The molecule has 4 N–H and O–H groups in total. The summed E-state index contributed by atoms with van der Waals surface area (Å²) >= 11 is 3.68. The molecule has 1 aliphatic heterocycles. The van der Waals surface area contributed by atoms with Crippen molar-refractivity contribution in [1.82, 2.24) is 10.2 Å². The Kier molecular flexibility index (Phi) is 4.73. The monoisotopic (exact) mass is 535 g/mol. The molecule has 30 heavy (non-hydrogen) atoms. The molecule has 1 aromatic carbocycles. The number of Topliss-reactive ketones (excluding diaryl/α,β-unsaturated/α-hetero) is 1. The minimum atomic E-state index is -0.536. The summed E-state index contributed by atoms with van der Waals surface area (Å²) in [6.07, 6.45) is 1.10. The summed E-state index contributed by atoms with van der Waals surface area (Å²) in [5, 5.41) is 21.1. The van der Waals surface area contributed by atoms with Gasteiger partial charge in [-0.2, -0.15) is 0 Å². The number of phenols is 1. The molecule has 2 atom stereocenters. The van der Waals surface area contributed by atoms with E-state index in [1.807, 2.05) is 34.0 Å². The van der Waals surface area contributed by atoms with E-state index < -0.39 is 5.92 Å². The molecule has 1 aliphatic carbocycles. The number of hydrogen-bond acceptors (Lipinski definition) is 6. The topological polar surface area (TPSA) is 107 Å². The van der Waals surface area contributed by atoms with Crippen LogP contribution in [0.25, 0.3) is 0 Å². The zero-order valence-corrected chi connectivity index (χ0v) is 18.9. The third-order valence-corrected chi connectivity index (χ3v) is 7.58. The first kappa shape index (κ1) is 19.4. The van der Waals surface area contributed by atoms with Gasteiger partial charge in [-0.3, -0.25) is 19.8 Å². The van der Waals surface area contributed by atoms with Gasteiger partial charge < -0.3 is 15.2 Å². The van der Waals surface area contributed by atoms with Crippen LogP contribution < -0.4 is 15.6 Å². The summed E-state index contributed by atoms with van der Waals surface area (Å²) in [6, 6.07) is 7.56. The van der Waals surface area contributed by atoms with Crippen LogP contribution in [0.3, 0.4) is 0 Å². The van der Waals surface area contributed by atoms with E-state index in [0.717, 1.165) is 11.3 Å². The van der Waals surface area contributed by atoms with Crippen LogP contribution in [0.1, 0.15) is 40.7 Å². The first-order valence-electron chi connectivity index (χ1n) is 9.41. The highest BCUT2D eigenvalue weighted by Crippen LogP contribution is 2.48. The SMILES string of the molecule is COc1cc([C@H]2C3=C(C[C@H](c4cccs4)CC3=O)Nc3[nH][nH]c(=O)c32)cc(I)c1O. The van der Waals surface area contributed by atoms with Gasteiger partial charge in [0.25, 0.3) is 5.56 Å². The lowest BCUT2D eigenvalue weighted by atomic mass is 9.74. The number of phenolic OH excluding ortho intramolecular Hbond substituents is 1. The van der Waals surface area contributed by atoms with Gasteiger partial charge in [-0.25, -0.2) is 0 Å². The van der Waals surface area contributed by atoms with Gasteiger partial charge in [0.15, 0.2) is 17.3 Å². The van der Waals surface area contributed by atoms with E-state index in [1.165, 1.54) is 12.0 Å². The standard InChI is InChI=1S/C21H18IN3O4S/c1-29-14-8-10(5-11(22)19(14)27)16-17-12(23-20-18(16)21(28)25-24-20)6-9(7-13(17)26)15-3-2-4-30-15/h2-5,8-9,16,27H,6-7H2,1H3,(H3,23,24,25,28)/t9-,16-/m0/s1. The number of thiophene rings is 1. The second kappa shape index (κ2) is 7.31. The molecular formula is C21H18IN3O4S. The van der Waals surface area contributed by atoms with Crippen molar-refractivity contribution in [3.63, 3.8) is 0 Å². The van der Waals surface area contributed by atoms with E-state index >= 15 is 0 Å². The van der Waals surface area contributed by atoms with Gasteiger partial charge in [-0.15, -0.1) is 11.3 Å². The number of carbonyl (C=O) groups is 1. The van der Waals surface area contributed by atoms with Crippen LogP contribution in [0.15, 0.2) is 45.7 Å². The Labute approximate surface area is 189 Å². The van der Waals surface area contributed by atoms with E-state index in [2.05, 4.69) is 21.6 Å². The fourth-order valence-electron chi connectivity index (χ4n) is 4.39. The molecule has 0 fully saturated rings. The fourth-order valence-corrected chi connectivity index (χ4v) is 5.85. The van der Waals surface area contributed by atoms with Gasteiger partial charge in [0, 0.05) is 34.4 Å². The number of rotatable bonds is 3. The van der Waals surface area contributed by atoms with Crippen molar-refractivity contribution in [3.8, 4) is 11.5 Å². The van der Waals surface area contributed by atoms with Gasteiger partial charge in [-0.05, 0) is 58.2 Å². The Morgan fingerprint density at radius 1 is 1.23 bits per heavy atom. The minimum Gasteiger partial charge on any atom is -0.504 e. The molecule has 154 valence electrons. The summed E-state index contributed by atoms with van der Waals surface area (Å²) in [4.78, 5) is 27.2. The van der Waals surface area contributed by atoms with E-state index in [0.29, 0.717) is 39.1 Å². The molecule has 3 heterocycles. The fraction of sp³-hybridized carbons (Fsp3) is 0.238. The number of anilines is 1. The van der Waals surface area contributed by atoms with Crippen LogP contribution in [0, 0.1) is 3.57 Å². The molecule has 9 heteroatoms. The number of methoxy groups -OCH3 is 1. The Balaban J connectivity index is 1.69. The molecule has 2 aromatic heterocycles. The lowest BCUT2D eigenvalue weighted by molar-refractivity contribution is -0.116. The normalized spacial score (nSPS) is 20.5. The number of aromatic amines is 2. The third kappa shape index (κ3) is 2.99. The maximum absolute atomic E-state index is 13.4. The van der Waals surface area contributed by atoms with Crippen LogP contribution in [0.4, 0.5) is 5.82 Å². The van der Waals surface area contributed by atoms with Crippen molar-refractivity contribution in [2.75, 3.05) is 12.4 Å². The van der Waals surface area contributed by atoms with Gasteiger partial charge in [0.05, 0.1) is 16.2 Å². The number of hydrogen-bond donors (Lipinski definition) is 4. The van der Waals surface area contributed by atoms with E-state index in [9.17, 15) is 14.7 Å². The van der Waals surface area contributed by atoms with Crippen molar-refractivity contribution in [1.29, 1.82) is 0 Å². The third-order valence-electron chi connectivity index (χ3n) is 5.73. The van der Waals surface area contributed by atoms with Gasteiger partial charge in [0.1, 0.15) is 5.82 Å². The predicted molar refractivity (Wildman–Crippen MR) is 123 cm³/mol. The first-order chi connectivity index (χ1) is 14.5. The van der Waals surface area contributed by atoms with Crippen molar-refractivity contribution in [2.45, 2.75) is 24.7 Å². The molecule has 5 rings (SSSR count). The second-order valence-electron chi connectivity index (χ2n) is 7.42. The molecule has 0 amide bonds. The zero-order valence-electron chi connectivity index (χ0n) is 15.9. The summed E-state index contributed by atoms with van der Waals surface area (Å²) in [6.45, 7) is 0. The summed E-state index contributed by atoms with van der Waals surface area (Å²) in [5.41, 5.74) is 2.38. The highest BCUT2D eigenvalue weighted by atomic mass is 127. The van der Waals surface area contributed by atoms with Crippen LogP contribution in [-0.2, 0) is 4.79 Å². The van der Waals surface area contributed by atoms with E-state index in [4.69, 9.17) is 4.74 Å². The van der Waals surface area contributed by atoms with Crippen molar-refractivity contribution in [3.05, 3.63) is 70.8 Å². The molecule has 2 aliphatic rings. The molecule has 3 aromatic rings. The number of fused-ring (bicyclic) bond motifs is 1. The number of aromatic nitrogens is 2. The highest BCUT2D eigenvalue weighted by molar-refractivity contribution is 14.1. The summed E-state index contributed by atoms with van der Waals surface area (Å²) in [5.74, 6) is 0.537. The second-order valence-corrected chi connectivity index (χ2v) is 9.56. The largest absolute Gasteiger partial charge is 0.504 e. The maximum Gasteiger partial charge on any atom is 0.270 e. The lowest BCUT2D eigenvalue weighted by Gasteiger charge is -2.34. The predicted octanol–water partition coefficient (Wildman–Crippen LogP) is 4.04. The van der Waals surface area contributed by atoms with Crippen molar-refractivity contribution >= 4 is 45.5 Å². The van der Waals surface area contributed by atoms with E-state index in [1.54, 1.807) is 23.5 Å². The molecule has 0 saturated carbocycles. The Hall–Kier alpha value is -2.53. The molecular weight excluding hydrogens is 517 g/mol. The van der Waals surface area contributed by atoms with Gasteiger partial charge >= 0.3 is 0 Å². The van der Waals surface area contributed by atoms with Crippen LogP contribution in [0.2, 0.25) is 0 Å².